The maximum Gasteiger partial charge on any atom is 0.315 e. The van der Waals surface area contributed by atoms with Crippen molar-refractivity contribution in [3.05, 3.63) is 35.6 Å². The molecule has 0 bridgehead atoms. The van der Waals surface area contributed by atoms with E-state index in [1.807, 2.05) is 0 Å². The summed E-state index contributed by atoms with van der Waals surface area (Å²) in [5.74, 6) is 0.556. The van der Waals surface area contributed by atoms with E-state index in [1.54, 1.807) is 12.1 Å². The highest BCUT2D eigenvalue weighted by Gasteiger charge is 2.15. The van der Waals surface area contributed by atoms with E-state index in [0.29, 0.717) is 13.1 Å². The highest BCUT2D eigenvalue weighted by atomic mass is 19.1. The van der Waals surface area contributed by atoms with Crippen LogP contribution in [0.4, 0.5) is 9.18 Å². The van der Waals surface area contributed by atoms with Crippen molar-refractivity contribution >= 4 is 6.03 Å². The van der Waals surface area contributed by atoms with Crippen molar-refractivity contribution in [1.29, 1.82) is 0 Å². The van der Waals surface area contributed by atoms with E-state index in [1.165, 1.54) is 38.1 Å². The topological polar surface area (TPSA) is 44.4 Å². The van der Waals surface area contributed by atoms with Gasteiger partial charge in [0.05, 0.1) is 0 Å². The van der Waals surface area contributed by atoms with E-state index < -0.39 is 0 Å². The van der Waals surface area contributed by atoms with Crippen LogP contribution < -0.4 is 10.6 Å². The Morgan fingerprint density at radius 3 is 2.78 bits per heavy atom. The summed E-state index contributed by atoms with van der Waals surface area (Å²) in [6, 6.07) is 5.98. The normalized spacial score (nSPS) is 18.6. The minimum Gasteiger partial charge on any atom is -0.338 e. The summed E-state index contributed by atoms with van der Waals surface area (Å²) in [5.41, 5.74) is 0.890. The summed E-state index contributed by atoms with van der Waals surface area (Å²) in [6.07, 6.45) is 4.78. The number of carbonyl (C=O) groups is 1. The molecule has 0 aliphatic carbocycles. The van der Waals surface area contributed by atoms with Gasteiger partial charge in [-0.15, -0.1) is 0 Å². The molecule has 128 valence electrons. The first-order valence-electron chi connectivity index (χ1n) is 8.62. The molecule has 1 aromatic carbocycles. The van der Waals surface area contributed by atoms with Gasteiger partial charge in [-0.25, -0.2) is 9.18 Å². The zero-order valence-corrected chi connectivity index (χ0v) is 14.0. The fraction of sp³-hybridized carbons (Fsp3) is 0.611. The van der Waals surface area contributed by atoms with Crippen molar-refractivity contribution in [2.45, 2.75) is 39.2 Å². The molecule has 23 heavy (non-hydrogen) atoms. The first-order valence-corrected chi connectivity index (χ1v) is 8.62. The number of hydrogen-bond acceptors (Lipinski definition) is 2. The summed E-state index contributed by atoms with van der Waals surface area (Å²) >= 11 is 0. The highest BCUT2D eigenvalue weighted by molar-refractivity contribution is 5.73. The van der Waals surface area contributed by atoms with Crippen LogP contribution in [0.25, 0.3) is 0 Å². The first kappa shape index (κ1) is 17.7. The molecule has 1 fully saturated rings. The van der Waals surface area contributed by atoms with Crippen LogP contribution in [-0.4, -0.2) is 37.1 Å². The van der Waals surface area contributed by atoms with Crippen molar-refractivity contribution in [1.82, 2.24) is 15.5 Å². The number of carbonyl (C=O) groups excluding carboxylic acids is 1. The van der Waals surface area contributed by atoms with Gasteiger partial charge in [0.1, 0.15) is 5.82 Å². The van der Waals surface area contributed by atoms with Gasteiger partial charge in [-0.2, -0.15) is 0 Å². The molecule has 1 unspecified atom stereocenters. The Morgan fingerprint density at radius 2 is 2.04 bits per heavy atom. The lowest BCUT2D eigenvalue weighted by molar-refractivity contribution is 0.181. The third-order valence-electron chi connectivity index (χ3n) is 4.29. The van der Waals surface area contributed by atoms with Crippen LogP contribution >= 0.6 is 0 Å². The molecule has 0 aromatic heterocycles. The monoisotopic (exact) mass is 321 g/mol. The maximum atomic E-state index is 12.8. The third-order valence-corrected chi connectivity index (χ3v) is 4.29. The van der Waals surface area contributed by atoms with Gasteiger partial charge in [-0.3, -0.25) is 0 Å². The summed E-state index contributed by atoms with van der Waals surface area (Å²) in [5, 5.41) is 5.65. The van der Waals surface area contributed by atoms with Gasteiger partial charge in [0.25, 0.3) is 0 Å². The summed E-state index contributed by atoms with van der Waals surface area (Å²) in [6.45, 7) is 6.99. The number of amides is 2. The molecule has 0 radical (unpaired) electrons. The second kappa shape index (κ2) is 9.50. The molecule has 1 aromatic rings. The molecule has 4 nitrogen and oxygen atoms in total. The molecule has 5 heteroatoms. The number of hydrogen-bond donors (Lipinski definition) is 2. The number of unbranched alkanes of at least 4 members (excludes halogenated alkanes) is 1. The number of halogens is 1. The zero-order valence-electron chi connectivity index (χ0n) is 14.0. The van der Waals surface area contributed by atoms with Crippen LogP contribution in [0.2, 0.25) is 0 Å². The minimum absolute atomic E-state index is 0.166. The molecule has 1 atom stereocenters. The fourth-order valence-corrected chi connectivity index (χ4v) is 3.00. The SMILES string of the molecule is CC1CCCN(CCCCNC(=O)NCc2ccc(F)cc2)C1. The molecule has 1 aliphatic heterocycles. The number of nitrogens with zero attached hydrogens (tertiary/aromatic N) is 1. The number of piperidine rings is 1. The van der Waals surface area contributed by atoms with Crippen LogP contribution in [0, 0.1) is 11.7 Å². The lowest BCUT2D eigenvalue weighted by atomic mass is 10.0. The van der Waals surface area contributed by atoms with Gasteiger partial charge in [0, 0.05) is 19.6 Å². The quantitative estimate of drug-likeness (QED) is 0.758. The zero-order chi connectivity index (χ0) is 16.5. The lowest BCUT2D eigenvalue weighted by Gasteiger charge is -2.30. The Kier molecular flexibility index (Phi) is 7.33. The van der Waals surface area contributed by atoms with Gasteiger partial charge < -0.3 is 15.5 Å². The standard InChI is InChI=1S/C18H28FN3O/c1-15-5-4-12-22(14-15)11-3-2-10-20-18(23)21-13-16-6-8-17(19)9-7-16/h6-9,15H,2-5,10-14H2,1H3,(H2,20,21,23). The summed E-state index contributed by atoms with van der Waals surface area (Å²) in [7, 11) is 0. The molecule has 1 saturated heterocycles. The van der Waals surface area contributed by atoms with Gasteiger partial charge >= 0.3 is 6.03 Å². The number of likely N-dealkylation sites (tertiary alicyclic amines) is 1. The lowest BCUT2D eigenvalue weighted by Crippen LogP contribution is -2.37. The molecule has 2 N–H and O–H groups in total. The largest absolute Gasteiger partial charge is 0.338 e. The van der Waals surface area contributed by atoms with Gasteiger partial charge in [-0.05, 0) is 62.4 Å². The van der Waals surface area contributed by atoms with Gasteiger partial charge in [0.15, 0.2) is 0 Å². The van der Waals surface area contributed by atoms with Crippen LogP contribution in [0.1, 0.15) is 38.2 Å². The molecular weight excluding hydrogens is 293 g/mol. The second-order valence-corrected chi connectivity index (χ2v) is 6.49. The van der Waals surface area contributed by atoms with Gasteiger partial charge in [0.2, 0.25) is 0 Å². The third kappa shape index (κ3) is 6.99. The first-order chi connectivity index (χ1) is 11.1. The van der Waals surface area contributed by atoms with Crippen molar-refractivity contribution in [3.63, 3.8) is 0 Å². The summed E-state index contributed by atoms with van der Waals surface area (Å²) < 4.78 is 12.8. The number of urea groups is 1. The van der Waals surface area contributed by atoms with E-state index in [2.05, 4.69) is 22.5 Å². The van der Waals surface area contributed by atoms with Crippen LogP contribution in [0.15, 0.2) is 24.3 Å². The average Bonchev–Trinajstić information content (AvgIpc) is 2.54. The fourth-order valence-electron chi connectivity index (χ4n) is 3.00. The molecule has 0 saturated carbocycles. The highest BCUT2D eigenvalue weighted by Crippen LogP contribution is 2.15. The number of rotatable bonds is 7. The number of nitrogens with one attached hydrogen (secondary N) is 2. The molecule has 1 heterocycles. The Hall–Kier alpha value is -1.62. The Labute approximate surface area is 138 Å². The molecule has 0 spiro atoms. The van der Waals surface area contributed by atoms with Crippen molar-refractivity contribution < 1.29 is 9.18 Å². The predicted octanol–water partition coefficient (Wildman–Crippen LogP) is 3.14. The Balaban J connectivity index is 1.50. The van der Waals surface area contributed by atoms with E-state index in [9.17, 15) is 9.18 Å². The van der Waals surface area contributed by atoms with E-state index in [-0.39, 0.29) is 11.8 Å². The second-order valence-electron chi connectivity index (χ2n) is 6.49. The van der Waals surface area contributed by atoms with Crippen molar-refractivity contribution in [2.24, 2.45) is 5.92 Å². The molecule has 2 amide bonds. The Morgan fingerprint density at radius 1 is 1.26 bits per heavy atom. The average molecular weight is 321 g/mol. The Bertz CT molecular complexity index is 478. The molecular formula is C18H28FN3O. The van der Waals surface area contributed by atoms with Crippen molar-refractivity contribution in [3.8, 4) is 0 Å². The van der Waals surface area contributed by atoms with Gasteiger partial charge in [-0.1, -0.05) is 19.1 Å². The van der Waals surface area contributed by atoms with Crippen molar-refractivity contribution in [2.75, 3.05) is 26.2 Å². The maximum absolute atomic E-state index is 12.8. The summed E-state index contributed by atoms with van der Waals surface area (Å²) in [4.78, 5) is 14.2. The van der Waals surface area contributed by atoms with Crippen LogP contribution in [-0.2, 0) is 6.54 Å². The smallest absolute Gasteiger partial charge is 0.315 e. The minimum atomic E-state index is -0.263. The van der Waals surface area contributed by atoms with Crippen LogP contribution in [0.5, 0.6) is 0 Å². The van der Waals surface area contributed by atoms with Crippen LogP contribution in [0.3, 0.4) is 0 Å². The number of benzene rings is 1. The predicted molar refractivity (Wildman–Crippen MR) is 90.7 cm³/mol. The van der Waals surface area contributed by atoms with E-state index in [0.717, 1.165) is 30.9 Å². The van der Waals surface area contributed by atoms with E-state index >= 15 is 0 Å². The van der Waals surface area contributed by atoms with E-state index in [4.69, 9.17) is 0 Å². The molecule has 2 rings (SSSR count). The molecule has 1 aliphatic rings.